The van der Waals surface area contributed by atoms with Gasteiger partial charge in [0, 0.05) is 15.6 Å². The lowest BCUT2D eigenvalue weighted by Gasteiger charge is -2.08. The van der Waals surface area contributed by atoms with Crippen LogP contribution in [0.1, 0.15) is 0 Å². The molecule has 1 heterocycles. The van der Waals surface area contributed by atoms with Crippen molar-refractivity contribution in [2.24, 2.45) is 0 Å². The van der Waals surface area contributed by atoms with Crippen molar-refractivity contribution in [3.8, 4) is 28.2 Å². The van der Waals surface area contributed by atoms with Crippen molar-refractivity contribution in [3.63, 3.8) is 0 Å². The monoisotopic (exact) mass is 452 g/mol. The molecule has 4 rings (SSSR count). The van der Waals surface area contributed by atoms with Crippen molar-refractivity contribution in [3.05, 3.63) is 93.9 Å². The third-order valence-corrected chi connectivity index (χ3v) is 5.27. The summed E-state index contributed by atoms with van der Waals surface area (Å²) in [5.74, 6) is 0. The molecule has 0 unspecified atom stereocenters. The summed E-state index contributed by atoms with van der Waals surface area (Å²) in [5.41, 5.74) is 5.20. The zero-order valence-electron chi connectivity index (χ0n) is 13.2. The SMILES string of the molecule is Brc1ccc(-n2nc(-c3ccccc3)c(Br)c2-c2ccccc2)cc1. The first-order valence-electron chi connectivity index (χ1n) is 7.89. The third-order valence-electron chi connectivity index (χ3n) is 3.99. The van der Waals surface area contributed by atoms with Crippen molar-refractivity contribution < 1.29 is 0 Å². The molecule has 0 saturated carbocycles. The van der Waals surface area contributed by atoms with Gasteiger partial charge in [0.05, 0.1) is 15.9 Å². The van der Waals surface area contributed by atoms with Crippen LogP contribution in [0.25, 0.3) is 28.2 Å². The van der Waals surface area contributed by atoms with Crippen LogP contribution < -0.4 is 0 Å². The molecule has 0 amide bonds. The summed E-state index contributed by atoms with van der Waals surface area (Å²) in [6, 6.07) is 28.7. The van der Waals surface area contributed by atoms with E-state index in [-0.39, 0.29) is 0 Å². The van der Waals surface area contributed by atoms with E-state index >= 15 is 0 Å². The number of aromatic nitrogens is 2. The van der Waals surface area contributed by atoms with E-state index in [1.807, 2.05) is 53.2 Å². The number of hydrogen-bond acceptors (Lipinski definition) is 1. The smallest absolute Gasteiger partial charge is 0.108 e. The Labute approximate surface area is 163 Å². The van der Waals surface area contributed by atoms with Crippen LogP contribution in [-0.2, 0) is 0 Å². The Morgan fingerprint density at radius 1 is 0.640 bits per heavy atom. The maximum absolute atomic E-state index is 4.91. The zero-order chi connectivity index (χ0) is 17.2. The standard InChI is InChI=1S/C21H14Br2N2/c22-17-11-13-18(14-12-17)25-21(16-9-5-2-6-10-16)19(23)20(24-25)15-7-3-1-4-8-15/h1-14H. The van der Waals surface area contributed by atoms with Gasteiger partial charge in [-0.2, -0.15) is 5.10 Å². The Morgan fingerprint density at radius 2 is 1.20 bits per heavy atom. The number of benzene rings is 3. The zero-order valence-corrected chi connectivity index (χ0v) is 16.4. The van der Waals surface area contributed by atoms with Crippen LogP contribution in [-0.4, -0.2) is 9.78 Å². The van der Waals surface area contributed by atoms with Crippen molar-refractivity contribution in [1.82, 2.24) is 9.78 Å². The van der Waals surface area contributed by atoms with Gasteiger partial charge in [-0.1, -0.05) is 76.6 Å². The fourth-order valence-electron chi connectivity index (χ4n) is 2.79. The van der Waals surface area contributed by atoms with E-state index in [1.54, 1.807) is 0 Å². The maximum atomic E-state index is 4.91. The molecule has 2 nitrogen and oxygen atoms in total. The van der Waals surface area contributed by atoms with Crippen molar-refractivity contribution in [2.75, 3.05) is 0 Å². The fourth-order valence-corrected chi connectivity index (χ4v) is 3.76. The van der Waals surface area contributed by atoms with E-state index in [4.69, 9.17) is 5.10 Å². The third kappa shape index (κ3) is 3.20. The second-order valence-corrected chi connectivity index (χ2v) is 7.34. The molecule has 0 aliphatic heterocycles. The van der Waals surface area contributed by atoms with E-state index in [0.29, 0.717) is 0 Å². The summed E-state index contributed by atoms with van der Waals surface area (Å²) in [6.07, 6.45) is 0. The van der Waals surface area contributed by atoms with Gasteiger partial charge in [0.1, 0.15) is 5.69 Å². The van der Waals surface area contributed by atoms with E-state index in [0.717, 1.165) is 37.1 Å². The van der Waals surface area contributed by atoms with E-state index in [9.17, 15) is 0 Å². The van der Waals surface area contributed by atoms with E-state index < -0.39 is 0 Å². The summed E-state index contributed by atoms with van der Waals surface area (Å²) < 4.78 is 4.04. The molecule has 122 valence electrons. The molecule has 0 aliphatic rings. The van der Waals surface area contributed by atoms with Crippen LogP contribution in [0.2, 0.25) is 0 Å². The number of rotatable bonds is 3. The topological polar surface area (TPSA) is 17.8 Å². The minimum atomic E-state index is 0.933. The number of halogens is 2. The van der Waals surface area contributed by atoms with Gasteiger partial charge in [0.25, 0.3) is 0 Å². The van der Waals surface area contributed by atoms with Gasteiger partial charge in [0.15, 0.2) is 0 Å². The van der Waals surface area contributed by atoms with Crippen LogP contribution >= 0.6 is 31.9 Å². The molecule has 0 atom stereocenters. The summed E-state index contributed by atoms with van der Waals surface area (Å²) >= 11 is 7.29. The first-order valence-corrected chi connectivity index (χ1v) is 9.48. The Kier molecular flexibility index (Phi) is 4.55. The highest BCUT2D eigenvalue weighted by molar-refractivity contribution is 9.11. The summed E-state index contributed by atoms with van der Waals surface area (Å²) in [5, 5.41) is 4.91. The predicted molar refractivity (Wildman–Crippen MR) is 110 cm³/mol. The molecule has 3 aromatic carbocycles. The highest BCUT2D eigenvalue weighted by Crippen LogP contribution is 2.38. The Morgan fingerprint density at radius 3 is 1.80 bits per heavy atom. The van der Waals surface area contributed by atoms with Crippen molar-refractivity contribution >= 4 is 31.9 Å². The Bertz CT molecular complexity index is 992. The Balaban J connectivity index is 1.97. The Hall–Kier alpha value is -2.17. The predicted octanol–water partition coefficient (Wildman–Crippen LogP) is 6.73. The average Bonchev–Trinajstić information content (AvgIpc) is 3.01. The summed E-state index contributed by atoms with van der Waals surface area (Å²) in [4.78, 5) is 0. The quantitative estimate of drug-likeness (QED) is 0.336. The fraction of sp³-hybridized carbons (Fsp3) is 0. The molecule has 25 heavy (non-hydrogen) atoms. The molecular formula is C21H14Br2N2. The van der Waals surface area contributed by atoms with Gasteiger partial charge in [-0.05, 0) is 40.2 Å². The van der Waals surface area contributed by atoms with Gasteiger partial charge in [-0.25, -0.2) is 4.68 Å². The van der Waals surface area contributed by atoms with Gasteiger partial charge < -0.3 is 0 Å². The van der Waals surface area contributed by atoms with Crippen LogP contribution in [0.15, 0.2) is 93.9 Å². The molecule has 0 bridgehead atoms. The minimum absolute atomic E-state index is 0.933. The molecule has 1 aromatic heterocycles. The highest BCUT2D eigenvalue weighted by Gasteiger charge is 2.19. The van der Waals surface area contributed by atoms with Gasteiger partial charge in [-0.3, -0.25) is 0 Å². The first kappa shape index (κ1) is 16.3. The molecule has 0 radical (unpaired) electrons. The molecule has 0 aliphatic carbocycles. The lowest BCUT2D eigenvalue weighted by Crippen LogP contribution is -1.99. The molecular weight excluding hydrogens is 440 g/mol. The van der Waals surface area contributed by atoms with E-state index in [1.165, 1.54) is 0 Å². The first-order chi connectivity index (χ1) is 12.2. The van der Waals surface area contributed by atoms with Gasteiger partial charge in [0.2, 0.25) is 0 Å². The number of hydrogen-bond donors (Lipinski definition) is 0. The molecule has 0 spiro atoms. The molecule has 0 saturated heterocycles. The van der Waals surface area contributed by atoms with Crippen LogP contribution in [0.5, 0.6) is 0 Å². The minimum Gasteiger partial charge on any atom is -0.231 e. The van der Waals surface area contributed by atoms with Crippen molar-refractivity contribution in [1.29, 1.82) is 0 Å². The second-order valence-electron chi connectivity index (χ2n) is 5.63. The molecule has 0 N–H and O–H groups in total. The lowest BCUT2D eigenvalue weighted by atomic mass is 10.1. The van der Waals surface area contributed by atoms with E-state index in [2.05, 4.69) is 68.3 Å². The van der Waals surface area contributed by atoms with Crippen LogP contribution in [0.4, 0.5) is 0 Å². The average molecular weight is 454 g/mol. The van der Waals surface area contributed by atoms with Gasteiger partial charge >= 0.3 is 0 Å². The molecule has 4 heteroatoms. The lowest BCUT2D eigenvalue weighted by molar-refractivity contribution is 0.891. The summed E-state index contributed by atoms with van der Waals surface area (Å²) in [7, 11) is 0. The summed E-state index contributed by atoms with van der Waals surface area (Å²) in [6.45, 7) is 0. The van der Waals surface area contributed by atoms with Crippen molar-refractivity contribution in [2.45, 2.75) is 0 Å². The normalized spacial score (nSPS) is 10.8. The largest absolute Gasteiger partial charge is 0.231 e. The van der Waals surface area contributed by atoms with Crippen LogP contribution in [0.3, 0.4) is 0 Å². The second kappa shape index (κ2) is 6.98. The highest BCUT2D eigenvalue weighted by atomic mass is 79.9. The maximum Gasteiger partial charge on any atom is 0.108 e. The number of nitrogens with zero attached hydrogens (tertiary/aromatic N) is 2. The molecule has 0 fully saturated rings. The van der Waals surface area contributed by atoms with Crippen LogP contribution in [0, 0.1) is 0 Å². The molecule has 4 aromatic rings. The van der Waals surface area contributed by atoms with Gasteiger partial charge in [-0.15, -0.1) is 0 Å².